The van der Waals surface area contributed by atoms with Gasteiger partial charge in [0.1, 0.15) is 0 Å². The van der Waals surface area contributed by atoms with E-state index < -0.39 is 0 Å². The van der Waals surface area contributed by atoms with Crippen molar-refractivity contribution in [1.29, 1.82) is 0 Å². The van der Waals surface area contributed by atoms with Gasteiger partial charge in [-0.25, -0.2) is 0 Å². The first-order valence-electron chi connectivity index (χ1n) is 5.50. The summed E-state index contributed by atoms with van der Waals surface area (Å²) in [5.41, 5.74) is 0. The lowest BCUT2D eigenvalue weighted by atomic mass is 10.4. The van der Waals surface area contributed by atoms with E-state index in [4.69, 9.17) is 19.3 Å². The molecule has 1 rings (SSSR count). The molecule has 0 radical (unpaired) electrons. The highest BCUT2D eigenvalue weighted by Gasteiger charge is 2.04. The first-order valence-corrected chi connectivity index (χ1v) is 5.50. The summed E-state index contributed by atoms with van der Waals surface area (Å²) < 4.78 is 16.1. The summed E-state index contributed by atoms with van der Waals surface area (Å²) in [5.74, 6) is 0. The third-order valence-corrected chi connectivity index (χ3v) is 2.26. The van der Waals surface area contributed by atoms with Gasteiger partial charge in [0, 0.05) is 19.6 Å². The predicted molar refractivity (Wildman–Crippen MR) is 56.0 cm³/mol. The van der Waals surface area contributed by atoms with Gasteiger partial charge in [-0.05, 0) is 0 Å². The normalized spacial score (nSPS) is 23.0. The van der Waals surface area contributed by atoms with Crippen molar-refractivity contribution in [2.75, 3.05) is 65.9 Å². The number of ether oxygens (including phenoxy) is 3. The molecule has 0 unspecified atom stereocenters. The number of nitrogens with zero attached hydrogens (tertiary/aromatic N) is 1. The van der Waals surface area contributed by atoms with Crippen molar-refractivity contribution in [1.82, 2.24) is 4.90 Å². The molecule has 1 aliphatic heterocycles. The zero-order valence-corrected chi connectivity index (χ0v) is 9.19. The molecule has 5 nitrogen and oxygen atoms in total. The Morgan fingerprint density at radius 3 is 1.73 bits per heavy atom. The lowest BCUT2D eigenvalue weighted by Crippen LogP contribution is -2.34. The monoisotopic (exact) mass is 219 g/mol. The van der Waals surface area contributed by atoms with Gasteiger partial charge in [0.15, 0.2) is 0 Å². The molecule has 0 aromatic heterocycles. The molecule has 1 heterocycles. The summed E-state index contributed by atoms with van der Waals surface area (Å²) in [6.45, 7) is 6.43. The van der Waals surface area contributed by atoms with Crippen molar-refractivity contribution in [3.63, 3.8) is 0 Å². The fraction of sp³-hybridized carbons (Fsp3) is 1.00. The van der Waals surface area contributed by atoms with Crippen LogP contribution < -0.4 is 0 Å². The predicted octanol–water partition coefficient (Wildman–Crippen LogP) is -0.656. The maximum absolute atomic E-state index is 8.86. The van der Waals surface area contributed by atoms with Gasteiger partial charge in [-0.15, -0.1) is 0 Å². The van der Waals surface area contributed by atoms with Crippen LogP contribution in [0.2, 0.25) is 0 Å². The van der Waals surface area contributed by atoms with E-state index in [2.05, 4.69) is 4.90 Å². The van der Waals surface area contributed by atoms with Crippen molar-refractivity contribution < 1.29 is 19.3 Å². The molecule has 1 aliphatic rings. The smallest absolute Gasteiger partial charge is 0.0701 e. The van der Waals surface area contributed by atoms with E-state index in [1.807, 2.05) is 0 Å². The van der Waals surface area contributed by atoms with E-state index in [0.717, 1.165) is 13.1 Å². The lowest BCUT2D eigenvalue weighted by Gasteiger charge is -2.21. The average molecular weight is 219 g/mol. The highest BCUT2D eigenvalue weighted by atomic mass is 16.5. The summed E-state index contributed by atoms with van der Waals surface area (Å²) in [6, 6.07) is 0. The first kappa shape index (κ1) is 12.9. The molecular weight excluding hydrogens is 198 g/mol. The maximum Gasteiger partial charge on any atom is 0.0701 e. The number of hydrogen-bond donors (Lipinski definition) is 1. The van der Waals surface area contributed by atoms with E-state index in [0.29, 0.717) is 46.2 Å². The molecule has 1 fully saturated rings. The number of rotatable bonds is 2. The van der Waals surface area contributed by atoms with E-state index in [-0.39, 0.29) is 6.61 Å². The topological polar surface area (TPSA) is 51.2 Å². The van der Waals surface area contributed by atoms with Gasteiger partial charge >= 0.3 is 0 Å². The molecular formula is C10H21NO4. The molecule has 90 valence electrons. The molecule has 0 aromatic carbocycles. The van der Waals surface area contributed by atoms with E-state index in [1.165, 1.54) is 0 Å². The van der Waals surface area contributed by atoms with Crippen LogP contribution in [-0.4, -0.2) is 75.9 Å². The van der Waals surface area contributed by atoms with Crippen molar-refractivity contribution in [3.8, 4) is 0 Å². The first-order chi connectivity index (χ1) is 7.43. The highest BCUT2D eigenvalue weighted by Crippen LogP contribution is 1.91. The molecule has 0 saturated carbocycles. The molecule has 0 aliphatic carbocycles. The number of β-amino-alcohol motifs (C(OH)–C–C–N with tert-alkyl or cyclic N) is 1. The van der Waals surface area contributed by atoms with Gasteiger partial charge in [0.2, 0.25) is 0 Å². The van der Waals surface area contributed by atoms with Gasteiger partial charge in [0.05, 0.1) is 46.2 Å². The Bertz CT molecular complexity index is 133. The van der Waals surface area contributed by atoms with Gasteiger partial charge in [-0.3, -0.25) is 4.90 Å². The Morgan fingerprint density at radius 1 is 0.800 bits per heavy atom. The minimum Gasteiger partial charge on any atom is -0.395 e. The van der Waals surface area contributed by atoms with E-state index >= 15 is 0 Å². The average Bonchev–Trinajstić information content (AvgIpc) is 2.22. The molecule has 0 bridgehead atoms. The maximum atomic E-state index is 8.86. The highest BCUT2D eigenvalue weighted by molar-refractivity contribution is 4.56. The SMILES string of the molecule is OCCN1CCOCCOCCOCC1. The van der Waals surface area contributed by atoms with Crippen molar-refractivity contribution >= 4 is 0 Å². The van der Waals surface area contributed by atoms with E-state index in [9.17, 15) is 0 Å². The van der Waals surface area contributed by atoms with Crippen molar-refractivity contribution in [3.05, 3.63) is 0 Å². The van der Waals surface area contributed by atoms with Crippen LogP contribution >= 0.6 is 0 Å². The second kappa shape index (κ2) is 9.06. The molecule has 1 saturated heterocycles. The Labute approximate surface area is 90.9 Å². The quantitative estimate of drug-likeness (QED) is 0.668. The van der Waals surface area contributed by atoms with Crippen LogP contribution in [0.3, 0.4) is 0 Å². The van der Waals surface area contributed by atoms with Crippen LogP contribution in [0.1, 0.15) is 0 Å². The van der Waals surface area contributed by atoms with Gasteiger partial charge in [0.25, 0.3) is 0 Å². The Balaban J connectivity index is 2.19. The van der Waals surface area contributed by atoms with Crippen molar-refractivity contribution in [2.24, 2.45) is 0 Å². The van der Waals surface area contributed by atoms with Crippen LogP contribution in [0.4, 0.5) is 0 Å². The van der Waals surface area contributed by atoms with Crippen LogP contribution in [0.15, 0.2) is 0 Å². The molecule has 0 amide bonds. The fourth-order valence-electron chi connectivity index (χ4n) is 1.41. The Kier molecular flexibility index (Phi) is 7.77. The van der Waals surface area contributed by atoms with Gasteiger partial charge in [-0.2, -0.15) is 0 Å². The molecule has 0 spiro atoms. The van der Waals surface area contributed by atoms with Crippen LogP contribution in [0.5, 0.6) is 0 Å². The molecule has 1 N–H and O–H groups in total. The minimum absolute atomic E-state index is 0.184. The number of aliphatic hydroxyl groups excluding tert-OH is 1. The molecule has 0 atom stereocenters. The second-order valence-corrected chi connectivity index (χ2v) is 3.40. The summed E-state index contributed by atoms with van der Waals surface area (Å²) in [4.78, 5) is 2.14. The third-order valence-electron chi connectivity index (χ3n) is 2.26. The zero-order valence-electron chi connectivity index (χ0n) is 9.19. The van der Waals surface area contributed by atoms with Gasteiger partial charge < -0.3 is 19.3 Å². The second-order valence-electron chi connectivity index (χ2n) is 3.40. The van der Waals surface area contributed by atoms with Crippen LogP contribution in [0, 0.1) is 0 Å². The van der Waals surface area contributed by atoms with Crippen LogP contribution in [0.25, 0.3) is 0 Å². The Hall–Kier alpha value is -0.200. The zero-order chi connectivity index (χ0) is 10.8. The Morgan fingerprint density at radius 2 is 1.27 bits per heavy atom. The summed E-state index contributed by atoms with van der Waals surface area (Å²) in [7, 11) is 0. The number of hydrogen-bond acceptors (Lipinski definition) is 5. The fourth-order valence-corrected chi connectivity index (χ4v) is 1.41. The van der Waals surface area contributed by atoms with Gasteiger partial charge in [-0.1, -0.05) is 0 Å². The van der Waals surface area contributed by atoms with Crippen molar-refractivity contribution in [2.45, 2.75) is 0 Å². The summed E-state index contributed by atoms with van der Waals surface area (Å²) >= 11 is 0. The lowest BCUT2D eigenvalue weighted by molar-refractivity contribution is -0.00745. The molecule has 5 heteroatoms. The largest absolute Gasteiger partial charge is 0.395 e. The summed E-state index contributed by atoms with van der Waals surface area (Å²) in [6.07, 6.45) is 0. The molecule has 15 heavy (non-hydrogen) atoms. The minimum atomic E-state index is 0.184. The van der Waals surface area contributed by atoms with Crippen LogP contribution in [-0.2, 0) is 14.2 Å². The standard InChI is InChI=1S/C10H21NO4/c12-4-1-11-2-5-13-7-9-15-10-8-14-6-3-11/h12H,1-10H2. The third kappa shape index (κ3) is 6.81. The molecule has 0 aromatic rings. The summed E-state index contributed by atoms with van der Waals surface area (Å²) in [5, 5.41) is 8.86. The number of aliphatic hydroxyl groups is 1. The van der Waals surface area contributed by atoms with E-state index in [1.54, 1.807) is 0 Å².